The average molecular weight is 961 g/mol. The molecule has 10 rings (SSSR count). The van der Waals surface area contributed by atoms with Crippen LogP contribution in [0.4, 0.5) is 39.9 Å². The Bertz CT molecular complexity index is 2810. The molecule has 0 saturated carbocycles. The number of benzene rings is 7. The first-order chi connectivity index (χ1) is 28.3. The zero-order chi connectivity index (χ0) is 39.4. The monoisotopic (exact) mass is 960 g/mol. The zero-order valence-corrected chi connectivity index (χ0v) is 36.3. The molecule has 3 heterocycles. The van der Waals surface area contributed by atoms with E-state index < -0.39 is 0 Å². The van der Waals surface area contributed by atoms with Crippen LogP contribution in [-0.2, 0) is 26.5 Å². The summed E-state index contributed by atoms with van der Waals surface area (Å²) in [7, 11) is 0. The summed E-state index contributed by atoms with van der Waals surface area (Å²) in [6, 6.07) is 66.0. The molecule has 0 bridgehead atoms. The number of hydrogen-bond acceptors (Lipinski definition) is 5. The number of anilines is 7. The van der Waals surface area contributed by atoms with Gasteiger partial charge in [-0.25, -0.2) is 4.98 Å². The van der Waals surface area contributed by atoms with E-state index in [0.29, 0.717) is 0 Å². The van der Waals surface area contributed by atoms with Gasteiger partial charge in [0.2, 0.25) is 0 Å². The van der Waals surface area contributed by atoms with Gasteiger partial charge in [-0.2, -0.15) is 24.3 Å². The molecule has 292 valence electrons. The van der Waals surface area contributed by atoms with Crippen LogP contribution in [-0.4, -0.2) is 4.98 Å². The minimum atomic E-state index is 0. The molecule has 0 saturated heterocycles. The molecule has 8 aromatic rings. The maximum Gasteiger partial charge on any atom is 0.135 e. The van der Waals surface area contributed by atoms with E-state index in [9.17, 15) is 0 Å². The second-order valence-corrected chi connectivity index (χ2v) is 16.9. The third-order valence-electron chi connectivity index (χ3n) is 11.1. The van der Waals surface area contributed by atoms with Crippen molar-refractivity contribution in [2.75, 3.05) is 14.7 Å². The van der Waals surface area contributed by atoms with Crippen LogP contribution in [0.25, 0.3) is 33.4 Å². The number of aryl methyl sites for hydroxylation is 1. The van der Waals surface area contributed by atoms with Gasteiger partial charge in [-0.3, -0.25) is 0 Å². The van der Waals surface area contributed by atoms with E-state index in [-0.39, 0.29) is 26.5 Å². The molecule has 0 spiro atoms. The molecule has 1 aromatic heterocycles. The van der Waals surface area contributed by atoms with Crippen molar-refractivity contribution in [2.24, 2.45) is 0 Å². The van der Waals surface area contributed by atoms with E-state index in [2.05, 4.69) is 219 Å². The van der Waals surface area contributed by atoms with Crippen LogP contribution in [0.1, 0.15) is 31.9 Å². The molecule has 0 aliphatic carbocycles. The van der Waals surface area contributed by atoms with Gasteiger partial charge < -0.3 is 14.7 Å². The summed E-state index contributed by atoms with van der Waals surface area (Å²) in [5.41, 5.74) is 15.9. The van der Waals surface area contributed by atoms with Crippen LogP contribution in [0.2, 0.25) is 0 Å². The van der Waals surface area contributed by atoms with Crippen molar-refractivity contribution in [3.05, 3.63) is 200 Å². The molecule has 7 aromatic carbocycles. The fraction of sp³-hybridized carbons (Fsp3) is 0.0943. The first-order valence-electron chi connectivity index (χ1n) is 19.7. The topological polar surface area (TPSA) is 22.6 Å². The fourth-order valence-electron chi connectivity index (χ4n) is 8.09. The van der Waals surface area contributed by atoms with E-state index >= 15 is 0 Å². The molecule has 2 aliphatic heterocycles. The first-order valence-corrected chi connectivity index (χ1v) is 20.5. The first kappa shape index (κ1) is 38.6. The molecule has 0 atom stereocenters. The molecule has 0 fully saturated rings. The van der Waals surface area contributed by atoms with E-state index in [1.807, 2.05) is 12.3 Å². The van der Waals surface area contributed by atoms with Crippen LogP contribution in [0.5, 0.6) is 0 Å². The number of fused-ring (bicyclic) bond motifs is 6. The summed E-state index contributed by atoms with van der Waals surface area (Å²) in [6.07, 6.45) is 2.01. The Kier molecular flexibility index (Phi) is 10.3. The number of aromatic nitrogens is 1. The molecule has 2 aliphatic rings. The number of pyridine rings is 1. The fourth-order valence-corrected chi connectivity index (χ4v) is 8.92. The van der Waals surface area contributed by atoms with E-state index in [1.54, 1.807) is 11.8 Å². The van der Waals surface area contributed by atoms with Crippen LogP contribution in [0, 0.1) is 25.7 Å². The van der Waals surface area contributed by atoms with Crippen LogP contribution in [0.3, 0.4) is 0 Å². The number of para-hydroxylation sites is 3. The summed E-state index contributed by atoms with van der Waals surface area (Å²) in [4.78, 5) is 13.9. The zero-order valence-electron chi connectivity index (χ0n) is 33.3. The minimum Gasteiger partial charge on any atom is -0.493 e. The Hall–Kier alpha value is -5.87. The molecule has 4 nitrogen and oxygen atoms in total. The Morgan fingerprint density at radius 2 is 1.19 bits per heavy atom. The van der Waals surface area contributed by atoms with Crippen LogP contribution >= 0.6 is 11.8 Å². The van der Waals surface area contributed by atoms with Gasteiger partial charge in [0.1, 0.15) is 5.82 Å². The summed E-state index contributed by atoms with van der Waals surface area (Å²) in [5.74, 6) is 0.853. The van der Waals surface area contributed by atoms with Gasteiger partial charge in [0, 0.05) is 55.5 Å². The van der Waals surface area contributed by atoms with Crippen LogP contribution < -0.4 is 14.7 Å². The molecular weight excluding hydrogens is 920 g/mol. The predicted octanol–water partition coefficient (Wildman–Crippen LogP) is 14.6. The molecule has 6 heteroatoms. The second-order valence-electron chi connectivity index (χ2n) is 15.8. The maximum absolute atomic E-state index is 5.15. The summed E-state index contributed by atoms with van der Waals surface area (Å²) < 4.78 is 0. The van der Waals surface area contributed by atoms with Gasteiger partial charge >= 0.3 is 0 Å². The molecule has 0 N–H and O–H groups in total. The van der Waals surface area contributed by atoms with Gasteiger partial charge in [0.25, 0.3) is 0 Å². The van der Waals surface area contributed by atoms with Crippen molar-refractivity contribution < 1.29 is 21.1 Å². The number of rotatable bonds is 6. The molecule has 59 heavy (non-hydrogen) atoms. The van der Waals surface area contributed by atoms with Crippen molar-refractivity contribution in [3.63, 3.8) is 0 Å². The number of hydrogen-bond donors (Lipinski definition) is 0. The number of nitrogens with zero attached hydrogens (tertiary/aromatic N) is 4. The minimum absolute atomic E-state index is 0. The Labute approximate surface area is 366 Å². The molecule has 0 radical (unpaired) electrons. The smallest absolute Gasteiger partial charge is 0.135 e. The van der Waals surface area contributed by atoms with Crippen molar-refractivity contribution >= 4 is 51.7 Å². The molecule has 0 unspecified atom stereocenters. The van der Waals surface area contributed by atoms with Crippen molar-refractivity contribution in [1.29, 1.82) is 0 Å². The van der Waals surface area contributed by atoms with Crippen molar-refractivity contribution in [3.8, 4) is 33.4 Å². The Balaban J connectivity index is 0.00000449. The summed E-state index contributed by atoms with van der Waals surface area (Å²) >= 11 is 1.67. The summed E-state index contributed by atoms with van der Waals surface area (Å²) in [6.45, 7) is 11.1. The average Bonchev–Trinajstić information content (AvgIpc) is 3.59. The predicted molar refractivity (Wildman–Crippen MR) is 242 cm³/mol. The van der Waals surface area contributed by atoms with Gasteiger partial charge in [-0.05, 0) is 71.0 Å². The largest absolute Gasteiger partial charge is 0.493 e. The third kappa shape index (κ3) is 7.17. The third-order valence-corrected chi connectivity index (χ3v) is 12.0. The quantitative estimate of drug-likeness (QED) is 0.155. The standard InChI is InChI=1S/C53H41N4S.Pt/c1-36-31-52(54-34-47(36)37-15-6-5-7-16-37)57-48-22-11-10-21-45(48)43-19-8-9-20-44(43)46-30-29-42(33-51(46)57)58-41-18-14-17-40(32-41)56-35-55(49-23-12-13-24-50(49)56)39-27-25-38(26-28-39)53(2,3)4;/h5-31,34-35H,1-4H3;/q-3;. The second kappa shape index (κ2) is 15.7. The van der Waals surface area contributed by atoms with Gasteiger partial charge in [0.05, 0.1) is 5.69 Å². The normalized spacial score (nSPS) is 12.8. The van der Waals surface area contributed by atoms with E-state index in [4.69, 9.17) is 4.98 Å². The van der Waals surface area contributed by atoms with Crippen molar-refractivity contribution in [1.82, 2.24) is 4.98 Å². The maximum atomic E-state index is 5.15. The van der Waals surface area contributed by atoms with Gasteiger partial charge in [-0.1, -0.05) is 129 Å². The Morgan fingerprint density at radius 1 is 0.559 bits per heavy atom. The van der Waals surface area contributed by atoms with Gasteiger partial charge in [0.15, 0.2) is 0 Å². The van der Waals surface area contributed by atoms with E-state index in [0.717, 1.165) is 77.6 Å². The van der Waals surface area contributed by atoms with Crippen molar-refractivity contribution in [2.45, 2.75) is 42.9 Å². The molecule has 0 amide bonds. The molecular formula is C53H41N4PtS-3. The summed E-state index contributed by atoms with van der Waals surface area (Å²) in [5, 5.41) is 0. The SMILES string of the molecule is Cc1cc(N2c3[c-]c(Sc4[c-]c(N5[CH-]N(c6ccc(C(C)(C)C)cc6)c6ccccc65)ccc4)ccc3-c3ccccc3-c3ccccc32)ncc1-c1ccccc1.[Pt]. The van der Waals surface area contributed by atoms with E-state index in [1.165, 1.54) is 16.7 Å². The van der Waals surface area contributed by atoms with Crippen LogP contribution in [0.15, 0.2) is 180 Å². The Morgan fingerprint density at radius 3 is 1.90 bits per heavy atom. The van der Waals surface area contributed by atoms with Gasteiger partial charge in [-0.15, -0.1) is 57.7 Å².